The van der Waals surface area contributed by atoms with Crippen molar-refractivity contribution in [3.8, 4) is 11.5 Å². The number of rotatable bonds is 7. The van der Waals surface area contributed by atoms with E-state index in [4.69, 9.17) is 27.6 Å². The van der Waals surface area contributed by atoms with Gasteiger partial charge in [-0.05, 0) is 25.1 Å². The summed E-state index contributed by atoms with van der Waals surface area (Å²) >= 11 is 12.0. The summed E-state index contributed by atoms with van der Waals surface area (Å²) in [4.78, 5) is 2.11. The third kappa shape index (κ3) is 4.56. The Hall–Kier alpha value is -1.36. The monoisotopic (exact) mass is 325 g/mol. The van der Waals surface area contributed by atoms with Crippen LogP contribution in [0.3, 0.4) is 0 Å². The number of benzene rings is 1. The number of hydrogen-bond acceptors (Lipinski definition) is 4. The highest BCUT2D eigenvalue weighted by Crippen LogP contribution is 2.26. The molecule has 1 aromatic heterocycles. The van der Waals surface area contributed by atoms with Gasteiger partial charge in [0, 0.05) is 11.6 Å². The summed E-state index contributed by atoms with van der Waals surface area (Å²) in [5.41, 5.74) is 0.738. The molecule has 0 N–H and O–H groups in total. The fourth-order valence-corrected chi connectivity index (χ4v) is 2.41. The Morgan fingerprint density at radius 2 is 2.10 bits per heavy atom. The van der Waals surface area contributed by atoms with Gasteiger partial charge in [-0.15, -0.1) is 10.2 Å². The van der Waals surface area contributed by atoms with E-state index in [2.05, 4.69) is 28.6 Å². The van der Waals surface area contributed by atoms with Crippen LogP contribution < -0.4 is 0 Å². The predicted molar refractivity (Wildman–Crippen MR) is 85.3 cm³/mol. The van der Waals surface area contributed by atoms with Gasteiger partial charge in [-0.1, -0.05) is 48.8 Å². The highest BCUT2D eigenvalue weighted by molar-refractivity contribution is 6.33. The summed E-state index contributed by atoms with van der Waals surface area (Å²) in [6, 6.07) is 7.38. The molecule has 0 aliphatic carbocycles. The Labute approximate surface area is 134 Å². The summed E-state index contributed by atoms with van der Waals surface area (Å²) in [7, 11) is 0. The van der Waals surface area contributed by atoms with Crippen molar-refractivity contribution >= 4 is 23.2 Å². The number of hydrogen-bond donors (Lipinski definition) is 0. The lowest BCUT2D eigenvalue weighted by atomic mass is 10.2. The van der Waals surface area contributed by atoms with Crippen molar-refractivity contribution in [3.05, 3.63) is 46.8 Å². The first-order valence-corrected chi connectivity index (χ1v) is 7.48. The van der Waals surface area contributed by atoms with Crippen molar-refractivity contribution in [2.75, 3.05) is 13.1 Å². The average Bonchev–Trinajstić information content (AvgIpc) is 2.87. The molecule has 0 bridgehead atoms. The van der Waals surface area contributed by atoms with E-state index in [0.29, 0.717) is 34.9 Å². The molecule has 0 saturated carbocycles. The quantitative estimate of drug-likeness (QED) is 0.758. The summed E-state index contributed by atoms with van der Waals surface area (Å²) in [6.07, 6.45) is 1.01. The van der Waals surface area contributed by atoms with Crippen molar-refractivity contribution in [1.82, 2.24) is 15.1 Å². The Kier molecular flexibility index (Phi) is 5.79. The molecule has 112 valence electrons. The van der Waals surface area contributed by atoms with Crippen molar-refractivity contribution in [2.45, 2.75) is 19.9 Å². The number of aromatic nitrogens is 2. The van der Waals surface area contributed by atoms with E-state index in [0.717, 1.165) is 18.5 Å². The molecule has 0 aliphatic rings. The van der Waals surface area contributed by atoms with Crippen molar-refractivity contribution in [3.63, 3.8) is 0 Å². The maximum Gasteiger partial charge on any atom is 0.249 e. The maximum absolute atomic E-state index is 6.13. The lowest BCUT2D eigenvalue weighted by Gasteiger charge is -2.18. The standard InChI is InChI=1S/C15H17Cl2N3O/c1-3-8-20(9-11(2)16)10-14-18-19-15(21-14)12-6-4-5-7-13(12)17/h4-7H,2-3,8-10H2,1H3. The predicted octanol–water partition coefficient (Wildman–Crippen LogP) is 4.35. The van der Waals surface area contributed by atoms with Crippen molar-refractivity contribution < 1.29 is 4.42 Å². The van der Waals surface area contributed by atoms with E-state index in [1.807, 2.05) is 18.2 Å². The second-order valence-corrected chi connectivity index (χ2v) is 5.65. The Bertz CT molecular complexity index is 612. The third-order valence-electron chi connectivity index (χ3n) is 2.86. The van der Waals surface area contributed by atoms with E-state index in [9.17, 15) is 0 Å². The van der Waals surface area contributed by atoms with Gasteiger partial charge in [-0.2, -0.15) is 0 Å². The molecule has 6 heteroatoms. The van der Waals surface area contributed by atoms with E-state index in [1.165, 1.54) is 0 Å². The first kappa shape index (κ1) is 16.0. The van der Waals surface area contributed by atoms with Crippen LogP contribution in [0.5, 0.6) is 0 Å². The zero-order valence-electron chi connectivity index (χ0n) is 11.9. The third-order valence-corrected chi connectivity index (χ3v) is 3.31. The first-order valence-electron chi connectivity index (χ1n) is 6.73. The van der Waals surface area contributed by atoms with Gasteiger partial charge in [0.15, 0.2) is 0 Å². The molecular weight excluding hydrogens is 309 g/mol. The topological polar surface area (TPSA) is 42.2 Å². The highest BCUT2D eigenvalue weighted by atomic mass is 35.5. The lowest BCUT2D eigenvalue weighted by Crippen LogP contribution is -2.25. The summed E-state index contributed by atoms with van der Waals surface area (Å²) in [5.74, 6) is 0.966. The van der Waals surface area contributed by atoms with Gasteiger partial charge in [-0.25, -0.2) is 0 Å². The van der Waals surface area contributed by atoms with Crippen LogP contribution in [0.1, 0.15) is 19.2 Å². The van der Waals surface area contributed by atoms with E-state index < -0.39 is 0 Å². The summed E-state index contributed by atoms with van der Waals surface area (Å²) < 4.78 is 5.69. The minimum Gasteiger partial charge on any atom is -0.419 e. The van der Waals surface area contributed by atoms with Crippen molar-refractivity contribution in [1.29, 1.82) is 0 Å². The van der Waals surface area contributed by atoms with Gasteiger partial charge < -0.3 is 4.42 Å². The fourth-order valence-electron chi connectivity index (χ4n) is 2.03. The average molecular weight is 326 g/mol. The van der Waals surface area contributed by atoms with Crippen LogP contribution >= 0.6 is 23.2 Å². The van der Waals surface area contributed by atoms with Crippen LogP contribution in [0.25, 0.3) is 11.5 Å². The normalized spacial score (nSPS) is 11.0. The molecule has 21 heavy (non-hydrogen) atoms. The van der Waals surface area contributed by atoms with E-state index in [-0.39, 0.29) is 0 Å². The molecule has 1 aromatic carbocycles. The van der Waals surface area contributed by atoms with Crippen LogP contribution in [0, 0.1) is 0 Å². The summed E-state index contributed by atoms with van der Waals surface area (Å²) in [6.45, 7) is 7.85. The van der Waals surface area contributed by atoms with E-state index >= 15 is 0 Å². The second kappa shape index (κ2) is 7.59. The SMILES string of the molecule is C=C(Cl)CN(CCC)Cc1nnc(-c2ccccc2Cl)o1. The molecule has 0 unspecified atom stereocenters. The highest BCUT2D eigenvalue weighted by Gasteiger charge is 2.14. The molecular formula is C15H17Cl2N3O. The van der Waals surface area contributed by atoms with Gasteiger partial charge in [0.2, 0.25) is 11.8 Å². The Balaban J connectivity index is 2.12. The zero-order chi connectivity index (χ0) is 15.2. The minimum atomic E-state index is 0.428. The first-order chi connectivity index (χ1) is 10.1. The fraction of sp³-hybridized carbons (Fsp3) is 0.333. The minimum absolute atomic E-state index is 0.428. The molecule has 0 aliphatic heterocycles. The molecule has 0 spiro atoms. The Morgan fingerprint density at radius 3 is 2.76 bits per heavy atom. The molecule has 2 rings (SSSR count). The van der Waals surface area contributed by atoms with Crippen LogP contribution in [0.15, 0.2) is 40.3 Å². The molecule has 0 radical (unpaired) electrons. The van der Waals surface area contributed by atoms with Crippen LogP contribution in [0.2, 0.25) is 5.02 Å². The van der Waals surface area contributed by atoms with Gasteiger partial charge >= 0.3 is 0 Å². The molecule has 2 aromatic rings. The molecule has 0 fully saturated rings. The molecule has 0 saturated heterocycles. The molecule has 1 heterocycles. The molecule has 0 amide bonds. The van der Waals surface area contributed by atoms with Crippen molar-refractivity contribution in [2.24, 2.45) is 0 Å². The number of halogens is 2. The maximum atomic E-state index is 6.13. The van der Waals surface area contributed by atoms with Gasteiger partial charge in [0.25, 0.3) is 0 Å². The smallest absolute Gasteiger partial charge is 0.249 e. The van der Waals surface area contributed by atoms with Crippen LogP contribution in [-0.2, 0) is 6.54 Å². The zero-order valence-corrected chi connectivity index (χ0v) is 13.4. The van der Waals surface area contributed by atoms with Crippen LogP contribution in [0.4, 0.5) is 0 Å². The summed E-state index contributed by atoms with van der Waals surface area (Å²) in [5, 5.41) is 9.31. The van der Waals surface area contributed by atoms with Gasteiger partial charge in [0.1, 0.15) is 0 Å². The van der Waals surface area contributed by atoms with E-state index in [1.54, 1.807) is 6.07 Å². The van der Waals surface area contributed by atoms with Crippen LogP contribution in [-0.4, -0.2) is 28.2 Å². The Morgan fingerprint density at radius 1 is 1.33 bits per heavy atom. The largest absolute Gasteiger partial charge is 0.419 e. The lowest BCUT2D eigenvalue weighted by molar-refractivity contribution is 0.262. The molecule has 0 atom stereocenters. The van der Waals surface area contributed by atoms with Gasteiger partial charge in [0.05, 0.1) is 17.1 Å². The van der Waals surface area contributed by atoms with Gasteiger partial charge in [-0.3, -0.25) is 4.90 Å². The molecule has 4 nitrogen and oxygen atoms in total. The number of nitrogens with zero attached hydrogens (tertiary/aromatic N) is 3. The second-order valence-electron chi connectivity index (χ2n) is 4.71.